The average Bonchev–Trinajstić information content (AvgIpc) is 3.08. The van der Waals surface area contributed by atoms with Crippen LogP contribution in [0.15, 0.2) is 53.3 Å². The second-order valence-electron chi connectivity index (χ2n) is 8.48. The molecule has 7 heteroatoms. The Labute approximate surface area is 188 Å². The lowest BCUT2D eigenvalue weighted by Crippen LogP contribution is -2.36. The zero-order valence-corrected chi connectivity index (χ0v) is 18.4. The van der Waals surface area contributed by atoms with Gasteiger partial charge in [-0.3, -0.25) is 4.79 Å². The molecule has 0 saturated carbocycles. The minimum atomic E-state index is -0.491. The molecule has 1 saturated heterocycles. The molecule has 0 aliphatic carbocycles. The van der Waals surface area contributed by atoms with Crippen molar-refractivity contribution in [3.05, 3.63) is 70.1 Å². The Hall–Kier alpha value is -2.74. The Kier molecular flexibility index (Phi) is 7.87. The number of H-pyrrole nitrogens is 1. The van der Waals surface area contributed by atoms with Gasteiger partial charge in [0.25, 0.3) is 5.56 Å². The smallest absolute Gasteiger partial charge is 0.272 e. The number of β-amino-alcohol motifs (C(OH)–C–C–N with tert-alkyl or cyclic N) is 1. The van der Waals surface area contributed by atoms with E-state index >= 15 is 0 Å². The van der Waals surface area contributed by atoms with Crippen LogP contribution in [0, 0.1) is 0 Å². The first-order valence-electron chi connectivity index (χ1n) is 11.5. The van der Waals surface area contributed by atoms with Crippen molar-refractivity contribution in [1.82, 2.24) is 20.4 Å². The fraction of sp³-hybridized carbons (Fsp3) is 0.440. The number of likely N-dealkylation sites (tertiary alicyclic amines) is 1. The first-order chi connectivity index (χ1) is 15.7. The summed E-state index contributed by atoms with van der Waals surface area (Å²) >= 11 is 0. The highest BCUT2D eigenvalue weighted by Gasteiger charge is 2.14. The van der Waals surface area contributed by atoms with E-state index in [4.69, 9.17) is 4.74 Å². The summed E-state index contributed by atoms with van der Waals surface area (Å²) in [7, 11) is 0. The van der Waals surface area contributed by atoms with Crippen LogP contribution in [0.25, 0.3) is 10.8 Å². The third kappa shape index (κ3) is 6.16. The van der Waals surface area contributed by atoms with E-state index in [0.717, 1.165) is 35.5 Å². The number of nitrogens with zero attached hydrogens (tertiary/aromatic N) is 2. The van der Waals surface area contributed by atoms with Crippen molar-refractivity contribution in [3.63, 3.8) is 0 Å². The Morgan fingerprint density at radius 1 is 1.03 bits per heavy atom. The largest absolute Gasteiger partial charge is 0.491 e. The van der Waals surface area contributed by atoms with Crippen molar-refractivity contribution >= 4 is 10.8 Å². The minimum Gasteiger partial charge on any atom is -0.491 e. The van der Waals surface area contributed by atoms with Crippen molar-refractivity contribution in [2.75, 3.05) is 26.2 Å². The number of nitrogens with one attached hydrogen (secondary N) is 2. The molecular weight excluding hydrogens is 404 g/mol. The van der Waals surface area contributed by atoms with Gasteiger partial charge in [-0.25, -0.2) is 5.10 Å². The van der Waals surface area contributed by atoms with Crippen LogP contribution in [0.1, 0.15) is 36.9 Å². The number of aliphatic hydroxyl groups excluding tert-OH is 1. The van der Waals surface area contributed by atoms with Gasteiger partial charge >= 0.3 is 0 Å². The molecule has 0 spiro atoms. The van der Waals surface area contributed by atoms with Crippen LogP contribution in [-0.4, -0.2) is 52.5 Å². The topological polar surface area (TPSA) is 90.5 Å². The van der Waals surface area contributed by atoms with Gasteiger partial charge in [0.2, 0.25) is 0 Å². The van der Waals surface area contributed by atoms with Crippen LogP contribution in [0.2, 0.25) is 0 Å². The molecule has 0 amide bonds. The van der Waals surface area contributed by atoms with Crippen molar-refractivity contribution < 1.29 is 9.84 Å². The molecule has 1 atom stereocenters. The first-order valence-corrected chi connectivity index (χ1v) is 11.5. The van der Waals surface area contributed by atoms with E-state index in [-0.39, 0.29) is 5.56 Å². The van der Waals surface area contributed by atoms with E-state index in [0.29, 0.717) is 31.6 Å². The summed E-state index contributed by atoms with van der Waals surface area (Å²) in [5, 5.41) is 22.0. The van der Waals surface area contributed by atoms with Gasteiger partial charge in [-0.2, -0.15) is 5.10 Å². The summed E-state index contributed by atoms with van der Waals surface area (Å²) in [5.74, 6) is 0.756. The zero-order chi connectivity index (χ0) is 22.2. The summed E-state index contributed by atoms with van der Waals surface area (Å²) < 4.78 is 5.86. The molecule has 0 radical (unpaired) electrons. The number of rotatable bonds is 9. The SMILES string of the molecule is O=c1[nH]nc(CNCc2cccc(OC[C@@H](O)CN3CCCCCC3)c2)c2ccccc12. The number of hydrogen-bond acceptors (Lipinski definition) is 6. The molecule has 3 N–H and O–H groups in total. The highest BCUT2D eigenvalue weighted by molar-refractivity contribution is 5.83. The van der Waals surface area contributed by atoms with Gasteiger partial charge in [-0.15, -0.1) is 0 Å². The number of ether oxygens (including phenoxy) is 1. The maximum Gasteiger partial charge on any atom is 0.272 e. The van der Waals surface area contributed by atoms with E-state index < -0.39 is 6.10 Å². The number of aromatic nitrogens is 2. The molecule has 170 valence electrons. The molecule has 4 rings (SSSR count). The lowest BCUT2D eigenvalue weighted by molar-refractivity contribution is 0.0693. The fourth-order valence-electron chi connectivity index (χ4n) is 4.24. The second-order valence-corrected chi connectivity index (χ2v) is 8.48. The summed E-state index contributed by atoms with van der Waals surface area (Å²) in [5.41, 5.74) is 1.72. The van der Waals surface area contributed by atoms with Crippen molar-refractivity contribution in [3.8, 4) is 5.75 Å². The molecule has 1 aliphatic rings. The van der Waals surface area contributed by atoms with Gasteiger partial charge in [-0.05, 0) is 49.7 Å². The van der Waals surface area contributed by atoms with E-state index in [1.54, 1.807) is 6.07 Å². The molecule has 7 nitrogen and oxygen atoms in total. The van der Waals surface area contributed by atoms with E-state index in [1.165, 1.54) is 25.7 Å². The van der Waals surface area contributed by atoms with Gasteiger partial charge in [0, 0.05) is 25.0 Å². The number of aliphatic hydroxyl groups is 1. The molecular formula is C25H32N4O3. The van der Waals surface area contributed by atoms with Gasteiger partial charge in [0.15, 0.2) is 0 Å². The van der Waals surface area contributed by atoms with Crippen molar-refractivity contribution in [2.24, 2.45) is 0 Å². The molecule has 1 fully saturated rings. The van der Waals surface area contributed by atoms with Crippen molar-refractivity contribution in [2.45, 2.75) is 44.9 Å². The molecule has 0 unspecified atom stereocenters. The summed E-state index contributed by atoms with van der Waals surface area (Å²) in [6, 6.07) is 15.4. The van der Waals surface area contributed by atoms with E-state index in [1.807, 2.05) is 42.5 Å². The molecule has 2 aromatic carbocycles. The molecule has 1 aliphatic heterocycles. The van der Waals surface area contributed by atoms with E-state index in [2.05, 4.69) is 20.4 Å². The van der Waals surface area contributed by atoms with E-state index in [9.17, 15) is 9.90 Å². The maximum atomic E-state index is 11.9. The average molecular weight is 437 g/mol. The quantitative estimate of drug-likeness (QED) is 0.478. The Balaban J connectivity index is 1.27. The number of hydrogen-bond donors (Lipinski definition) is 3. The third-order valence-electron chi connectivity index (χ3n) is 5.91. The fourth-order valence-corrected chi connectivity index (χ4v) is 4.24. The summed E-state index contributed by atoms with van der Waals surface area (Å²) in [4.78, 5) is 14.3. The van der Waals surface area contributed by atoms with Gasteiger partial charge < -0.3 is 20.1 Å². The van der Waals surface area contributed by atoms with Gasteiger partial charge in [0.1, 0.15) is 18.5 Å². The minimum absolute atomic E-state index is 0.174. The predicted octanol–water partition coefficient (Wildman–Crippen LogP) is 2.83. The standard InChI is InChI=1S/C25H32N4O3/c30-20(17-29-12-5-1-2-6-13-29)18-32-21-9-7-8-19(14-21)15-26-16-24-22-10-3-4-11-23(22)25(31)28-27-24/h3-4,7-11,14,20,26,30H,1-2,5-6,12-13,15-18H2,(H,28,31)/t20-/m0/s1. The number of benzene rings is 2. The lowest BCUT2D eigenvalue weighted by atomic mass is 10.1. The number of fused-ring (bicyclic) bond motifs is 1. The maximum absolute atomic E-state index is 11.9. The highest BCUT2D eigenvalue weighted by Crippen LogP contribution is 2.16. The van der Waals surface area contributed by atoms with Gasteiger partial charge in [-0.1, -0.05) is 43.2 Å². The van der Waals surface area contributed by atoms with Crippen molar-refractivity contribution in [1.29, 1.82) is 0 Å². The van der Waals surface area contributed by atoms with Crippen LogP contribution in [0.3, 0.4) is 0 Å². The third-order valence-corrected chi connectivity index (χ3v) is 5.91. The predicted molar refractivity (Wildman–Crippen MR) is 126 cm³/mol. The normalized spacial score (nSPS) is 16.0. The summed E-state index contributed by atoms with van der Waals surface area (Å²) in [6.45, 7) is 4.27. The van der Waals surface area contributed by atoms with Crippen LogP contribution in [-0.2, 0) is 13.1 Å². The molecule has 1 aromatic heterocycles. The monoisotopic (exact) mass is 436 g/mol. The van der Waals surface area contributed by atoms with Crippen LogP contribution in [0.5, 0.6) is 5.75 Å². The highest BCUT2D eigenvalue weighted by atomic mass is 16.5. The Morgan fingerprint density at radius 3 is 2.62 bits per heavy atom. The Morgan fingerprint density at radius 2 is 1.81 bits per heavy atom. The summed E-state index contributed by atoms with van der Waals surface area (Å²) in [6.07, 6.45) is 4.52. The van der Waals surface area contributed by atoms with Crippen LogP contribution < -0.4 is 15.6 Å². The van der Waals surface area contributed by atoms with Gasteiger partial charge in [0.05, 0.1) is 11.1 Å². The molecule has 3 aromatic rings. The molecule has 0 bridgehead atoms. The zero-order valence-electron chi connectivity index (χ0n) is 18.4. The first kappa shape index (κ1) is 22.5. The number of aromatic amines is 1. The molecule has 2 heterocycles. The Bertz CT molecular complexity index is 1060. The lowest BCUT2D eigenvalue weighted by Gasteiger charge is -2.23. The second kappa shape index (κ2) is 11.2. The molecule has 32 heavy (non-hydrogen) atoms. The van der Waals surface area contributed by atoms with Crippen LogP contribution >= 0.6 is 0 Å². The van der Waals surface area contributed by atoms with Crippen LogP contribution in [0.4, 0.5) is 0 Å².